The van der Waals surface area contributed by atoms with E-state index in [4.69, 9.17) is 4.52 Å². The molecule has 3 heterocycles. The molecule has 140 valence electrons. The number of nitrogens with one attached hydrogen (secondary N) is 1. The summed E-state index contributed by atoms with van der Waals surface area (Å²) in [7, 11) is 0. The highest BCUT2D eigenvalue weighted by Crippen LogP contribution is 2.45. The van der Waals surface area contributed by atoms with E-state index < -0.39 is 0 Å². The zero-order valence-corrected chi connectivity index (χ0v) is 15.4. The Balaban J connectivity index is 1.34. The Morgan fingerprint density at radius 3 is 2.81 bits per heavy atom. The molecule has 0 aromatic carbocycles. The first-order chi connectivity index (χ1) is 13.2. The number of carbonyl (C=O) groups is 1. The van der Waals surface area contributed by atoms with Crippen LogP contribution in [0.5, 0.6) is 0 Å². The number of hydrogen-bond acceptors (Lipinski definition) is 5. The van der Waals surface area contributed by atoms with Crippen molar-refractivity contribution in [3.05, 3.63) is 41.0 Å². The molecule has 0 atom stereocenters. The van der Waals surface area contributed by atoms with E-state index in [0.717, 1.165) is 61.0 Å². The summed E-state index contributed by atoms with van der Waals surface area (Å²) in [5, 5.41) is 12.4. The monoisotopic (exact) mass is 365 g/mol. The van der Waals surface area contributed by atoms with Crippen molar-refractivity contribution in [2.45, 2.75) is 57.4 Å². The molecule has 0 saturated heterocycles. The first-order valence-corrected chi connectivity index (χ1v) is 9.76. The van der Waals surface area contributed by atoms with Crippen molar-refractivity contribution in [2.24, 2.45) is 0 Å². The number of hydrogen-bond donors (Lipinski definition) is 1. The highest BCUT2D eigenvalue weighted by molar-refractivity contribution is 6.06. The molecule has 2 saturated carbocycles. The smallest absolute Gasteiger partial charge is 0.259 e. The molecule has 7 nitrogen and oxygen atoms in total. The van der Waals surface area contributed by atoms with Crippen LogP contribution in [0.1, 0.15) is 71.2 Å². The van der Waals surface area contributed by atoms with E-state index >= 15 is 0 Å². The quantitative estimate of drug-likeness (QED) is 0.649. The van der Waals surface area contributed by atoms with Crippen LogP contribution in [0, 0.1) is 6.92 Å². The third kappa shape index (κ3) is 3.34. The van der Waals surface area contributed by atoms with Crippen LogP contribution in [-0.4, -0.2) is 32.4 Å². The van der Waals surface area contributed by atoms with Crippen molar-refractivity contribution >= 4 is 17.0 Å². The molecular formula is C20H23N5O2. The van der Waals surface area contributed by atoms with Crippen LogP contribution in [0.3, 0.4) is 0 Å². The summed E-state index contributed by atoms with van der Waals surface area (Å²) in [5.41, 5.74) is 4.18. The van der Waals surface area contributed by atoms with E-state index in [1.165, 1.54) is 0 Å². The van der Waals surface area contributed by atoms with Gasteiger partial charge in [-0.05, 0) is 50.7 Å². The second-order valence-corrected chi connectivity index (χ2v) is 7.78. The number of amides is 1. The summed E-state index contributed by atoms with van der Waals surface area (Å²) in [4.78, 5) is 17.6. The lowest BCUT2D eigenvalue weighted by molar-refractivity contribution is 0.0954. The normalized spacial score (nSPS) is 16.8. The molecule has 0 radical (unpaired) electrons. The average Bonchev–Trinajstić information content (AvgIpc) is 3.60. The van der Waals surface area contributed by atoms with Gasteiger partial charge in [0.15, 0.2) is 0 Å². The lowest BCUT2D eigenvalue weighted by Crippen LogP contribution is -2.26. The van der Waals surface area contributed by atoms with E-state index in [1.807, 2.05) is 30.1 Å². The fourth-order valence-electron chi connectivity index (χ4n) is 3.52. The maximum atomic E-state index is 12.9. The average molecular weight is 365 g/mol. The van der Waals surface area contributed by atoms with Gasteiger partial charge in [-0.25, -0.2) is 4.98 Å². The zero-order valence-electron chi connectivity index (χ0n) is 15.4. The van der Waals surface area contributed by atoms with Crippen LogP contribution >= 0.6 is 0 Å². The van der Waals surface area contributed by atoms with Gasteiger partial charge < -0.3 is 9.84 Å². The SMILES string of the molecule is Cc1cnn(CCCNC(=O)c2cc(C3CC3)nc3onc(C4CC4)c23)c1. The fourth-order valence-corrected chi connectivity index (χ4v) is 3.52. The van der Waals surface area contributed by atoms with Crippen molar-refractivity contribution < 1.29 is 9.32 Å². The number of aryl methyl sites for hydroxylation is 2. The lowest BCUT2D eigenvalue weighted by Gasteiger charge is -2.08. The Bertz CT molecular complexity index is 997. The van der Waals surface area contributed by atoms with Crippen molar-refractivity contribution in [2.75, 3.05) is 6.54 Å². The topological polar surface area (TPSA) is 85.8 Å². The molecule has 2 aliphatic rings. The van der Waals surface area contributed by atoms with Crippen LogP contribution in [0.15, 0.2) is 23.0 Å². The number of aromatic nitrogens is 4. The minimum absolute atomic E-state index is 0.0638. The third-order valence-electron chi connectivity index (χ3n) is 5.31. The fraction of sp³-hybridized carbons (Fsp3) is 0.500. The molecule has 27 heavy (non-hydrogen) atoms. The van der Waals surface area contributed by atoms with E-state index in [1.54, 1.807) is 0 Å². The van der Waals surface area contributed by atoms with Crippen LogP contribution in [0.2, 0.25) is 0 Å². The second kappa shape index (κ2) is 6.48. The zero-order chi connectivity index (χ0) is 18.4. The Morgan fingerprint density at radius 2 is 2.11 bits per heavy atom. The van der Waals surface area contributed by atoms with Gasteiger partial charge >= 0.3 is 0 Å². The van der Waals surface area contributed by atoms with Crippen LogP contribution < -0.4 is 5.32 Å². The Hall–Kier alpha value is -2.70. The predicted molar refractivity (Wildman–Crippen MR) is 99.7 cm³/mol. The highest BCUT2D eigenvalue weighted by atomic mass is 16.5. The molecule has 0 spiro atoms. The van der Waals surface area contributed by atoms with Crippen molar-refractivity contribution in [1.82, 2.24) is 25.2 Å². The third-order valence-corrected chi connectivity index (χ3v) is 5.31. The number of fused-ring (bicyclic) bond motifs is 1. The molecular weight excluding hydrogens is 342 g/mol. The van der Waals surface area contributed by atoms with Gasteiger partial charge in [-0.1, -0.05) is 5.16 Å². The molecule has 3 aromatic heterocycles. The van der Waals surface area contributed by atoms with Gasteiger partial charge in [0, 0.05) is 36.8 Å². The van der Waals surface area contributed by atoms with Crippen molar-refractivity contribution in [3.8, 4) is 0 Å². The van der Waals surface area contributed by atoms with E-state index in [0.29, 0.717) is 29.7 Å². The van der Waals surface area contributed by atoms with E-state index in [9.17, 15) is 4.79 Å². The molecule has 0 unspecified atom stereocenters. The molecule has 3 aromatic rings. The van der Waals surface area contributed by atoms with Gasteiger partial charge in [0.2, 0.25) is 0 Å². The molecule has 7 heteroatoms. The number of pyridine rings is 1. The minimum Gasteiger partial charge on any atom is -0.352 e. The van der Waals surface area contributed by atoms with Crippen LogP contribution in [0.25, 0.3) is 11.1 Å². The van der Waals surface area contributed by atoms with E-state index in [-0.39, 0.29) is 5.91 Å². The minimum atomic E-state index is -0.0638. The molecule has 1 N–H and O–H groups in total. The first kappa shape index (κ1) is 16.5. The Labute approximate surface area is 157 Å². The summed E-state index contributed by atoms with van der Waals surface area (Å²) in [5.74, 6) is 0.805. The second-order valence-electron chi connectivity index (χ2n) is 7.78. The van der Waals surface area contributed by atoms with Crippen molar-refractivity contribution in [1.29, 1.82) is 0 Å². The van der Waals surface area contributed by atoms with Gasteiger partial charge in [-0.15, -0.1) is 0 Å². The standard InChI is InChI=1S/C20H23N5O2/c1-12-10-22-25(11-12)8-2-7-21-19(26)15-9-16(13-3-4-13)23-20-17(15)18(24-27-20)14-5-6-14/h9-11,13-14H,2-8H2,1H3,(H,21,26). The Kier molecular flexibility index (Phi) is 3.95. The van der Waals surface area contributed by atoms with Gasteiger partial charge in [0.1, 0.15) is 0 Å². The predicted octanol–water partition coefficient (Wildman–Crippen LogP) is 3.30. The van der Waals surface area contributed by atoms with Crippen LogP contribution in [-0.2, 0) is 6.54 Å². The summed E-state index contributed by atoms with van der Waals surface area (Å²) in [6.07, 6.45) is 9.16. The first-order valence-electron chi connectivity index (χ1n) is 9.76. The summed E-state index contributed by atoms with van der Waals surface area (Å²) in [6, 6.07) is 1.95. The van der Waals surface area contributed by atoms with Gasteiger partial charge in [0.05, 0.1) is 22.8 Å². The van der Waals surface area contributed by atoms with Gasteiger partial charge in [0.25, 0.3) is 11.6 Å². The summed E-state index contributed by atoms with van der Waals surface area (Å²) in [6.45, 7) is 3.41. The number of carbonyl (C=O) groups excluding carboxylic acids is 1. The molecule has 0 aliphatic heterocycles. The molecule has 0 bridgehead atoms. The number of nitrogens with zero attached hydrogens (tertiary/aromatic N) is 4. The van der Waals surface area contributed by atoms with E-state index in [2.05, 4.69) is 20.6 Å². The maximum Gasteiger partial charge on any atom is 0.259 e. The number of rotatable bonds is 7. The molecule has 2 fully saturated rings. The summed E-state index contributed by atoms with van der Waals surface area (Å²) >= 11 is 0. The lowest BCUT2D eigenvalue weighted by atomic mass is 10.1. The van der Waals surface area contributed by atoms with Crippen molar-refractivity contribution in [3.63, 3.8) is 0 Å². The Morgan fingerprint density at radius 1 is 1.30 bits per heavy atom. The molecule has 2 aliphatic carbocycles. The van der Waals surface area contributed by atoms with Gasteiger partial charge in [-0.3, -0.25) is 9.48 Å². The summed E-state index contributed by atoms with van der Waals surface area (Å²) < 4.78 is 7.40. The maximum absolute atomic E-state index is 12.9. The van der Waals surface area contributed by atoms with Gasteiger partial charge in [-0.2, -0.15) is 5.10 Å². The largest absolute Gasteiger partial charge is 0.352 e. The molecule has 5 rings (SSSR count). The van der Waals surface area contributed by atoms with Crippen LogP contribution in [0.4, 0.5) is 0 Å². The highest BCUT2D eigenvalue weighted by Gasteiger charge is 2.34. The molecule has 1 amide bonds.